The van der Waals surface area contributed by atoms with E-state index in [9.17, 15) is 28.8 Å². The Labute approximate surface area is 313 Å². The number of esters is 2. The summed E-state index contributed by atoms with van der Waals surface area (Å²) in [4.78, 5) is 83.5. The molecule has 53 heavy (non-hydrogen) atoms. The molecule has 3 aromatic carbocycles. The molecule has 14 heteroatoms. The first-order chi connectivity index (χ1) is 24.9. The molecular formula is C39H44ClN3O10. The molecule has 13 nitrogen and oxygen atoms in total. The zero-order valence-corrected chi connectivity index (χ0v) is 31.3. The van der Waals surface area contributed by atoms with Gasteiger partial charge in [0, 0.05) is 29.2 Å². The number of rotatable bonds is 8. The molecule has 0 aliphatic carbocycles. The minimum atomic E-state index is -2.28. The fraction of sp³-hybridized carbons (Fsp3) is 0.385. The third-order valence-electron chi connectivity index (χ3n) is 7.83. The van der Waals surface area contributed by atoms with Crippen LogP contribution in [0.1, 0.15) is 80.7 Å². The Morgan fingerprint density at radius 2 is 1.30 bits per heavy atom. The summed E-state index contributed by atoms with van der Waals surface area (Å²) in [7, 11) is 0. The number of nitrogens with zero attached hydrogens (tertiary/aromatic N) is 3. The standard InChI is InChI=1S/C39H44ClN3O10/c1-38(2,3)43(32(45)27-15-11-8-12-16-27)42(31(44)28-17-19-30(40)20-18-28)37(49)52-35(34(47)50-25-26-13-9-7-10-14-26)51-33(46)29-21-23-41(24-22-29)36(48)53-39(4,5)6/h7-20,29,35H,21-25H2,1-6H3. The summed E-state index contributed by atoms with van der Waals surface area (Å²) >= 11 is 6.06. The van der Waals surface area contributed by atoms with E-state index >= 15 is 0 Å². The Balaban J connectivity index is 1.64. The van der Waals surface area contributed by atoms with E-state index in [1.54, 1.807) is 90.1 Å². The van der Waals surface area contributed by atoms with Gasteiger partial charge in [-0.15, -0.1) is 5.01 Å². The highest BCUT2D eigenvalue weighted by Gasteiger charge is 2.44. The molecule has 0 saturated carbocycles. The summed E-state index contributed by atoms with van der Waals surface area (Å²) in [6.45, 7) is 10.1. The van der Waals surface area contributed by atoms with E-state index in [0.717, 1.165) is 5.01 Å². The van der Waals surface area contributed by atoms with Gasteiger partial charge in [-0.3, -0.25) is 14.4 Å². The maximum Gasteiger partial charge on any atom is 0.440 e. The van der Waals surface area contributed by atoms with Gasteiger partial charge in [-0.2, -0.15) is 0 Å². The van der Waals surface area contributed by atoms with Gasteiger partial charge in [-0.25, -0.2) is 19.4 Å². The quantitative estimate of drug-likeness (QED) is 0.102. The van der Waals surface area contributed by atoms with Crippen LogP contribution in [0.4, 0.5) is 9.59 Å². The molecule has 1 aliphatic heterocycles. The fourth-order valence-electron chi connectivity index (χ4n) is 5.25. The van der Waals surface area contributed by atoms with Crippen molar-refractivity contribution < 1.29 is 47.7 Å². The van der Waals surface area contributed by atoms with Crippen molar-refractivity contribution in [3.8, 4) is 0 Å². The van der Waals surface area contributed by atoms with E-state index in [2.05, 4.69) is 0 Å². The minimum absolute atomic E-state index is 0.0431. The Morgan fingerprint density at radius 3 is 1.85 bits per heavy atom. The van der Waals surface area contributed by atoms with E-state index < -0.39 is 59.3 Å². The van der Waals surface area contributed by atoms with Crippen molar-refractivity contribution in [2.75, 3.05) is 13.1 Å². The third kappa shape index (κ3) is 11.3. The van der Waals surface area contributed by atoms with E-state index in [-0.39, 0.29) is 43.7 Å². The summed E-state index contributed by atoms with van der Waals surface area (Å²) in [5.41, 5.74) is -1.23. The molecule has 282 valence electrons. The number of amides is 4. The Morgan fingerprint density at radius 1 is 0.755 bits per heavy atom. The van der Waals surface area contributed by atoms with Crippen molar-refractivity contribution in [1.29, 1.82) is 0 Å². The maximum atomic E-state index is 14.2. The van der Waals surface area contributed by atoms with Crippen LogP contribution in [0.25, 0.3) is 0 Å². The topological polar surface area (TPSA) is 149 Å². The highest BCUT2D eigenvalue weighted by molar-refractivity contribution is 6.30. The van der Waals surface area contributed by atoms with Gasteiger partial charge < -0.3 is 23.8 Å². The zero-order valence-electron chi connectivity index (χ0n) is 30.6. The van der Waals surface area contributed by atoms with E-state index in [4.69, 9.17) is 30.5 Å². The molecular weight excluding hydrogens is 706 g/mol. The number of hydrazine groups is 1. The molecule has 0 spiro atoms. The lowest BCUT2D eigenvalue weighted by Crippen LogP contribution is -2.61. The first-order valence-corrected chi connectivity index (χ1v) is 17.4. The highest BCUT2D eigenvalue weighted by Crippen LogP contribution is 2.26. The number of piperidine rings is 1. The number of imide groups is 1. The van der Waals surface area contributed by atoms with Crippen molar-refractivity contribution in [2.24, 2.45) is 5.92 Å². The number of hydrogen-bond donors (Lipinski definition) is 0. The van der Waals surface area contributed by atoms with Crippen LogP contribution in [-0.4, -0.2) is 81.4 Å². The molecule has 4 amide bonds. The van der Waals surface area contributed by atoms with E-state index in [1.807, 2.05) is 0 Å². The second-order valence-electron chi connectivity index (χ2n) is 14.3. The maximum absolute atomic E-state index is 14.2. The predicted octanol–water partition coefficient (Wildman–Crippen LogP) is 7.03. The zero-order chi connectivity index (χ0) is 38.9. The van der Waals surface area contributed by atoms with Gasteiger partial charge >= 0.3 is 30.4 Å². The molecule has 1 unspecified atom stereocenters. The van der Waals surface area contributed by atoms with Crippen molar-refractivity contribution in [2.45, 2.75) is 78.4 Å². The number of hydrogen-bond acceptors (Lipinski definition) is 10. The van der Waals surface area contributed by atoms with Gasteiger partial charge in [-0.1, -0.05) is 60.1 Å². The number of likely N-dealkylation sites (tertiary alicyclic amines) is 1. The van der Waals surface area contributed by atoms with Gasteiger partial charge in [0.05, 0.1) is 11.5 Å². The number of ether oxygens (including phenoxy) is 4. The fourth-order valence-corrected chi connectivity index (χ4v) is 5.38. The summed E-state index contributed by atoms with van der Waals surface area (Å²) in [6.07, 6.45) is -3.97. The van der Waals surface area contributed by atoms with Crippen LogP contribution in [0.3, 0.4) is 0 Å². The highest BCUT2D eigenvalue weighted by atomic mass is 35.5. The summed E-state index contributed by atoms with van der Waals surface area (Å²) in [5, 5.41) is 1.68. The minimum Gasteiger partial charge on any atom is -0.455 e. The number of carbonyl (C=O) groups is 6. The molecule has 3 aromatic rings. The number of carbonyl (C=O) groups excluding carboxylic acids is 6. The molecule has 0 aromatic heterocycles. The summed E-state index contributed by atoms with van der Waals surface area (Å²) in [6, 6.07) is 22.2. The molecule has 1 fully saturated rings. The summed E-state index contributed by atoms with van der Waals surface area (Å²) in [5.74, 6) is -4.66. The smallest absolute Gasteiger partial charge is 0.440 e. The molecule has 1 heterocycles. The lowest BCUT2D eigenvalue weighted by atomic mass is 9.97. The van der Waals surface area contributed by atoms with Crippen LogP contribution in [0.15, 0.2) is 84.9 Å². The molecule has 4 rings (SSSR count). The first-order valence-electron chi connectivity index (χ1n) is 17.0. The lowest BCUT2D eigenvalue weighted by molar-refractivity contribution is -0.197. The van der Waals surface area contributed by atoms with Gasteiger partial charge in [0.2, 0.25) is 0 Å². The first kappa shape index (κ1) is 40.3. The molecule has 1 aliphatic rings. The van der Waals surface area contributed by atoms with Crippen molar-refractivity contribution >= 4 is 47.5 Å². The number of benzene rings is 3. The van der Waals surface area contributed by atoms with Crippen LogP contribution in [-0.2, 0) is 35.1 Å². The second-order valence-corrected chi connectivity index (χ2v) is 14.7. The number of halogens is 1. The normalized spacial score (nSPS) is 14.0. The molecule has 1 atom stereocenters. The van der Waals surface area contributed by atoms with Crippen LogP contribution < -0.4 is 0 Å². The van der Waals surface area contributed by atoms with Gasteiger partial charge in [0.15, 0.2) is 0 Å². The van der Waals surface area contributed by atoms with E-state index in [1.165, 1.54) is 41.3 Å². The largest absolute Gasteiger partial charge is 0.455 e. The SMILES string of the molecule is CC(C)(C)OC(=O)N1CCC(C(=O)OC(OC(=O)N(C(=O)c2ccc(Cl)cc2)N(C(=O)c2ccccc2)C(C)(C)C)C(=O)OCc2ccccc2)CC1. The third-order valence-corrected chi connectivity index (χ3v) is 8.08. The molecule has 0 radical (unpaired) electrons. The van der Waals surface area contributed by atoms with Crippen LogP contribution in [0, 0.1) is 5.92 Å². The van der Waals surface area contributed by atoms with Crippen LogP contribution in [0.5, 0.6) is 0 Å². The average molecular weight is 750 g/mol. The van der Waals surface area contributed by atoms with Crippen molar-refractivity contribution in [3.05, 3.63) is 107 Å². The second kappa shape index (κ2) is 17.4. The lowest BCUT2D eigenvalue weighted by Gasteiger charge is -2.41. The van der Waals surface area contributed by atoms with Gasteiger partial charge in [0.1, 0.15) is 12.2 Å². The van der Waals surface area contributed by atoms with E-state index in [0.29, 0.717) is 15.6 Å². The van der Waals surface area contributed by atoms with Gasteiger partial charge in [0.25, 0.3) is 11.8 Å². The van der Waals surface area contributed by atoms with Crippen molar-refractivity contribution in [1.82, 2.24) is 14.9 Å². The Bertz CT molecular complexity index is 1760. The van der Waals surface area contributed by atoms with Crippen LogP contribution >= 0.6 is 11.6 Å². The van der Waals surface area contributed by atoms with Crippen molar-refractivity contribution in [3.63, 3.8) is 0 Å². The predicted molar refractivity (Wildman–Crippen MR) is 193 cm³/mol. The molecule has 0 bridgehead atoms. The Kier molecular flexibility index (Phi) is 13.2. The Hall–Kier alpha value is -5.43. The summed E-state index contributed by atoms with van der Waals surface area (Å²) < 4.78 is 21.8. The monoisotopic (exact) mass is 749 g/mol. The van der Waals surface area contributed by atoms with Gasteiger partial charge in [-0.05, 0) is 96.3 Å². The molecule has 1 saturated heterocycles. The average Bonchev–Trinajstić information content (AvgIpc) is 3.11. The molecule has 0 N–H and O–H groups in total. The van der Waals surface area contributed by atoms with Crippen LogP contribution in [0.2, 0.25) is 5.02 Å².